The summed E-state index contributed by atoms with van der Waals surface area (Å²) in [6.07, 6.45) is 1.07. The lowest BCUT2D eigenvalue weighted by Gasteiger charge is -2.27. The van der Waals surface area contributed by atoms with Gasteiger partial charge in [-0.3, -0.25) is 4.79 Å². The van der Waals surface area contributed by atoms with Crippen LogP contribution in [-0.4, -0.2) is 43.3 Å². The van der Waals surface area contributed by atoms with Crippen molar-refractivity contribution >= 4 is 17.4 Å². The van der Waals surface area contributed by atoms with Gasteiger partial charge in [0.2, 0.25) is 0 Å². The molecule has 6 heteroatoms. The maximum atomic E-state index is 12.3. The molecule has 0 aliphatic carbocycles. The lowest BCUT2D eigenvalue weighted by Crippen LogP contribution is -2.36. The van der Waals surface area contributed by atoms with Crippen molar-refractivity contribution in [2.75, 3.05) is 36.5 Å². The van der Waals surface area contributed by atoms with Crippen molar-refractivity contribution in [3.05, 3.63) is 48.2 Å². The van der Waals surface area contributed by atoms with Crippen LogP contribution >= 0.6 is 0 Å². The van der Waals surface area contributed by atoms with Crippen molar-refractivity contribution in [3.63, 3.8) is 0 Å². The first-order chi connectivity index (χ1) is 12.1. The van der Waals surface area contributed by atoms with Gasteiger partial charge in [-0.2, -0.15) is 0 Å². The number of rotatable bonds is 5. The second-order valence-corrected chi connectivity index (χ2v) is 6.07. The summed E-state index contributed by atoms with van der Waals surface area (Å²) in [5, 5.41) is 2.83. The number of pyridine rings is 1. The maximum absolute atomic E-state index is 12.3. The van der Waals surface area contributed by atoms with E-state index in [0.29, 0.717) is 24.7 Å². The Hall–Kier alpha value is -2.60. The fourth-order valence-electron chi connectivity index (χ4n) is 2.56. The summed E-state index contributed by atoms with van der Waals surface area (Å²) < 4.78 is 11.0. The van der Waals surface area contributed by atoms with E-state index in [1.165, 1.54) is 0 Å². The Labute approximate surface area is 147 Å². The van der Waals surface area contributed by atoms with E-state index in [-0.39, 0.29) is 5.91 Å². The van der Waals surface area contributed by atoms with E-state index in [1.54, 1.807) is 13.1 Å². The number of hydrogen-bond acceptors (Lipinski definition) is 5. The molecule has 0 bridgehead atoms. The summed E-state index contributed by atoms with van der Waals surface area (Å²) in [4.78, 5) is 18.9. The molecule has 1 aromatic heterocycles. The molecule has 1 unspecified atom stereocenters. The molecule has 1 amide bonds. The van der Waals surface area contributed by atoms with E-state index in [4.69, 9.17) is 9.47 Å². The normalized spacial score (nSPS) is 15.5. The van der Waals surface area contributed by atoms with Crippen LogP contribution < -0.4 is 15.0 Å². The fraction of sp³-hybridized carbons (Fsp3) is 0.368. The second-order valence-electron chi connectivity index (χ2n) is 6.07. The highest BCUT2D eigenvalue weighted by Gasteiger charge is 2.16. The Bertz CT molecular complexity index is 695. The highest BCUT2D eigenvalue weighted by Crippen LogP contribution is 2.17. The molecule has 25 heavy (non-hydrogen) atoms. The number of benzene rings is 1. The van der Waals surface area contributed by atoms with Gasteiger partial charge in [-0.1, -0.05) is 17.7 Å². The predicted molar refractivity (Wildman–Crippen MR) is 97.2 cm³/mol. The van der Waals surface area contributed by atoms with Gasteiger partial charge in [-0.25, -0.2) is 4.98 Å². The smallest absolute Gasteiger partial charge is 0.265 e. The molecule has 1 N–H and O–H groups in total. The van der Waals surface area contributed by atoms with Crippen molar-refractivity contribution in [1.82, 2.24) is 4.98 Å². The first-order valence-electron chi connectivity index (χ1n) is 8.45. The number of ether oxygens (including phenoxy) is 2. The Morgan fingerprint density at radius 1 is 1.20 bits per heavy atom. The van der Waals surface area contributed by atoms with Gasteiger partial charge in [0.15, 0.2) is 6.10 Å². The topological polar surface area (TPSA) is 63.7 Å². The molecular formula is C19H23N3O3. The van der Waals surface area contributed by atoms with Crippen LogP contribution in [0.15, 0.2) is 42.6 Å². The minimum absolute atomic E-state index is 0.207. The Kier molecular flexibility index (Phi) is 5.50. The van der Waals surface area contributed by atoms with Crippen LogP contribution in [0.3, 0.4) is 0 Å². The summed E-state index contributed by atoms with van der Waals surface area (Å²) in [6, 6.07) is 11.4. The molecule has 0 saturated carbocycles. The quantitative estimate of drug-likeness (QED) is 0.906. The summed E-state index contributed by atoms with van der Waals surface area (Å²) >= 11 is 0. The third-order valence-electron chi connectivity index (χ3n) is 4.05. The van der Waals surface area contributed by atoms with Crippen molar-refractivity contribution in [2.45, 2.75) is 20.0 Å². The van der Waals surface area contributed by atoms with Gasteiger partial charge < -0.3 is 19.7 Å². The number of carbonyl (C=O) groups is 1. The van der Waals surface area contributed by atoms with Gasteiger partial charge in [-0.05, 0) is 38.1 Å². The van der Waals surface area contributed by atoms with E-state index in [1.807, 2.05) is 43.3 Å². The van der Waals surface area contributed by atoms with Gasteiger partial charge in [0.1, 0.15) is 11.6 Å². The van der Waals surface area contributed by atoms with E-state index in [0.717, 1.165) is 24.5 Å². The molecule has 6 nitrogen and oxygen atoms in total. The number of anilines is 2. The number of nitrogens with zero attached hydrogens (tertiary/aromatic N) is 2. The maximum Gasteiger partial charge on any atom is 0.265 e. The van der Waals surface area contributed by atoms with Crippen LogP contribution in [0.2, 0.25) is 0 Å². The SMILES string of the molecule is Cc1ccc(OC(C)C(=O)Nc2ccc(N3CCOCC3)nc2)cc1. The standard InChI is InChI=1S/C19H23N3O3/c1-14-3-6-17(7-4-14)25-15(2)19(23)21-16-5-8-18(20-13-16)22-9-11-24-12-10-22/h3-8,13,15H,9-12H2,1-2H3,(H,21,23). The lowest BCUT2D eigenvalue weighted by atomic mass is 10.2. The molecule has 0 spiro atoms. The molecule has 1 aromatic carbocycles. The highest BCUT2D eigenvalue weighted by molar-refractivity contribution is 5.94. The number of carbonyl (C=O) groups excluding carboxylic acids is 1. The minimum atomic E-state index is -0.596. The number of aromatic nitrogens is 1. The first-order valence-corrected chi connectivity index (χ1v) is 8.45. The van der Waals surface area contributed by atoms with Gasteiger partial charge in [0, 0.05) is 13.1 Å². The Morgan fingerprint density at radius 3 is 2.56 bits per heavy atom. The van der Waals surface area contributed by atoms with E-state index in [9.17, 15) is 4.79 Å². The molecule has 132 valence electrons. The molecule has 1 fully saturated rings. The summed E-state index contributed by atoms with van der Waals surface area (Å²) in [5.74, 6) is 1.36. The van der Waals surface area contributed by atoms with Crippen LogP contribution in [0.25, 0.3) is 0 Å². The zero-order valence-corrected chi connectivity index (χ0v) is 14.6. The van der Waals surface area contributed by atoms with Gasteiger partial charge in [-0.15, -0.1) is 0 Å². The Balaban J connectivity index is 1.55. The predicted octanol–water partition coefficient (Wildman–Crippen LogP) is 2.63. The van der Waals surface area contributed by atoms with Crippen LogP contribution in [0.4, 0.5) is 11.5 Å². The van der Waals surface area contributed by atoms with Crippen molar-refractivity contribution < 1.29 is 14.3 Å². The zero-order valence-electron chi connectivity index (χ0n) is 14.6. The molecule has 1 saturated heterocycles. The molecule has 1 atom stereocenters. The van der Waals surface area contributed by atoms with Crippen LogP contribution in [0.1, 0.15) is 12.5 Å². The minimum Gasteiger partial charge on any atom is -0.481 e. The third kappa shape index (κ3) is 4.70. The monoisotopic (exact) mass is 341 g/mol. The van der Waals surface area contributed by atoms with E-state index < -0.39 is 6.10 Å². The Morgan fingerprint density at radius 2 is 1.92 bits per heavy atom. The number of aryl methyl sites for hydroxylation is 1. The molecule has 3 rings (SSSR count). The number of morpholine rings is 1. The molecule has 1 aliphatic rings. The van der Waals surface area contributed by atoms with Crippen molar-refractivity contribution in [2.24, 2.45) is 0 Å². The lowest BCUT2D eigenvalue weighted by molar-refractivity contribution is -0.122. The van der Waals surface area contributed by atoms with Gasteiger partial charge >= 0.3 is 0 Å². The van der Waals surface area contributed by atoms with Crippen LogP contribution in [-0.2, 0) is 9.53 Å². The summed E-state index contributed by atoms with van der Waals surface area (Å²) in [5.41, 5.74) is 1.80. The molecule has 0 radical (unpaired) electrons. The van der Waals surface area contributed by atoms with Crippen LogP contribution in [0.5, 0.6) is 5.75 Å². The average Bonchev–Trinajstić information content (AvgIpc) is 2.65. The van der Waals surface area contributed by atoms with Gasteiger partial charge in [0.25, 0.3) is 5.91 Å². The molecular weight excluding hydrogens is 318 g/mol. The molecule has 2 aromatic rings. The zero-order chi connectivity index (χ0) is 17.6. The van der Waals surface area contributed by atoms with Crippen molar-refractivity contribution in [1.29, 1.82) is 0 Å². The van der Waals surface area contributed by atoms with E-state index >= 15 is 0 Å². The number of nitrogens with one attached hydrogen (secondary N) is 1. The molecule has 1 aliphatic heterocycles. The average molecular weight is 341 g/mol. The van der Waals surface area contributed by atoms with Crippen molar-refractivity contribution in [3.8, 4) is 5.75 Å². The fourth-order valence-corrected chi connectivity index (χ4v) is 2.56. The summed E-state index contributed by atoms with van der Waals surface area (Å²) in [7, 11) is 0. The largest absolute Gasteiger partial charge is 0.481 e. The third-order valence-corrected chi connectivity index (χ3v) is 4.05. The van der Waals surface area contributed by atoms with E-state index in [2.05, 4.69) is 15.2 Å². The van der Waals surface area contributed by atoms with Crippen LogP contribution in [0, 0.1) is 6.92 Å². The number of hydrogen-bond donors (Lipinski definition) is 1. The molecule has 2 heterocycles. The number of amides is 1. The summed E-state index contributed by atoms with van der Waals surface area (Å²) in [6.45, 7) is 6.83. The second kappa shape index (κ2) is 7.98. The highest BCUT2D eigenvalue weighted by atomic mass is 16.5. The van der Waals surface area contributed by atoms with Gasteiger partial charge in [0.05, 0.1) is 25.1 Å². The first kappa shape index (κ1) is 17.2.